The Morgan fingerprint density at radius 1 is 1.45 bits per heavy atom. The number of halogens is 2. The van der Waals surface area contributed by atoms with Crippen LogP contribution in [0.3, 0.4) is 0 Å². The lowest BCUT2D eigenvalue weighted by Crippen LogP contribution is -2.20. The molecule has 0 fully saturated rings. The average Bonchev–Trinajstić information content (AvgIpc) is 2.97. The van der Waals surface area contributed by atoms with Crippen LogP contribution in [0.25, 0.3) is 11.3 Å². The predicted molar refractivity (Wildman–Crippen MR) is 82.4 cm³/mol. The minimum absolute atomic E-state index is 0.0231. The van der Waals surface area contributed by atoms with E-state index < -0.39 is 10.8 Å². The van der Waals surface area contributed by atoms with Crippen LogP contribution in [0.5, 0.6) is 0 Å². The summed E-state index contributed by atoms with van der Waals surface area (Å²) in [7, 11) is 0. The number of hydrogen-bond acceptors (Lipinski definition) is 4. The molecule has 0 bridgehead atoms. The molecule has 0 saturated carbocycles. The second-order valence-electron chi connectivity index (χ2n) is 5.00. The largest absolute Gasteiger partial charge is 0.355 e. The Hall–Kier alpha value is -2.17. The van der Waals surface area contributed by atoms with Gasteiger partial charge in [-0.2, -0.15) is 14.3 Å². The minimum Gasteiger partial charge on any atom is -0.248 e. The van der Waals surface area contributed by atoms with E-state index in [2.05, 4.69) is 5.10 Å². The van der Waals surface area contributed by atoms with E-state index in [1.54, 1.807) is 12.1 Å². The predicted octanol–water partition coefficient (Wildman–Crippen LogP) is 3.33. The van der Waals surface area contributed by atoms with Gasteiger partial charge in [-0.1, -0.05) is 25.4 Å². The fraction of sp³-hybridized carbons (Fsp3) is 0.214. The molecule has 22 heavy (non-hydrogen) atoms. The number of fused-ring (bicyclic) bond motifs is 1. The van der Waals surface area contributed by atoms with Crippen LogP contribution in [0.4, 0.5) is 4.39 Å². The second-order valence-corrected chi connectivity index (χ2v) is 6.44. The molecule has 0 spiro atoms. The number of nitriles is 1. The molecular weight excluding hydrogens is 327 g/mol. The lowest BCUT2D eigenvalue weighted by atomic mass is 10.1. The topological polar surface area (TPSA) is 63.1 Å². The van der Waals surface area contributed by atoms with Crippen molar-refractivity contribution in [2.75, 3.05) is 0 Å². The molecule has 0 N–H and O–H groups in total. The van der Waals surface area contributed by atoms with Crippen molar-refractivity contribution in [1.82, 2.24) is 14.2 Å². The number of rotatable bonds is 2. The SMILES string of the molecule is CC(C)c1sc(F)c(-n2nc3ccc(Cl)cn3c2=O)c1C#N. The fourth-order valence-corrected chi connectivity index (χ4v) is 3.33. The van der Waals surface area contributed by atoms with Crippen LogP contribution in [0.1, 0.15) is 30.2 Å². The third kappa shape index (κ3) is 2.12. The van der Waals surface area contributed by atoms with Crippen LogP contribution in [-0.2, 0) is 0 Å². The van der Waals surface area contributed by atoms with Crippen molar-refractivity contribution in [3.8, 4) is 11.8 Å². The summed E-state index contributed by atoms with van der Waals surface area (Å²) >= 11 is 6.73. The van der Waals surface area contributed by atoms with E-state index in [0.717, 1.165) is 16.0 Å². The lowest BCUT2D eigenvalue weighted by molar-refractivity contribution is 0.635. The molecule has 8 heteroatoms. The summed E-state index contributed by atoms with van der Waals surface area (Å²) in [6, 6.07) is 5.12. The summed E-state index contributed by atoms with van der Waals surface area (Å²) < 4.78 is 16.5. The summed E-state index contributed by atoms with van der Waals surface area (Å²) in [6.07, 6.45) is 1.41. The first-order valence-corrected chi connectivity index (χ1v) is 7.63. The molecule has 0 aliphatic heterocycles. The van der Waals surface area contributed by atoms with Gasteiger partial charge in [0.2, 0.25) is 5.13 Å². The van der Waals surface area contributed by atoms with Gasteiger partial charge in [0.1, 0.15) is 11.8 Å². The molecule has 0 radical (unpaired) electrons. The van der Waals surface area contributed by atoms with Crippen molar-refractivity contribution in [1.29, 1.82) is 5.26 Å². The number of hydrogen-bond donors (Lipinski definition) is 0. The Balaban J connectivity index is 2.36. The van der Waals surface area contributed by atoms with Crippen LogP contribution >= 0.6 is 22.9 Å². The molecular formula is C14H10ClFN4OS. The zero-order valence-corrected chi connectivity index (χ0v) is 13.2. The zero-order valence-electron chi connectivity index (χ0n) is 11.7. The number of aromatic nitrogens is 3. The molecule has 0 aromatic carbocycles. The highest BCUT2D eigenvalue weighted by atomic mass is 35.5. The molecule has 112 valence electrons. The molecule has 5 nitrogen and oxygen atoms in total. The van der Waals surface area contributed by atoms with Crippen LogP contribution in [0.15, 0.2) is 23.1 Å². The van der Waals surface area contributed by atoms with Gasteiger partial charge in [-0.15, -0.1) is 16.4 Å². The third-order valence-corrected chi connectivity index (χ3v) is 4.69. The van der Waals surface area contributed by atoms with Gasteiger partial charge in [-0.25, -0.2) is 9.20 Å². The standard InChI is InChI=1S/C14H10ClFN4OS/c1-7(2)12-9(5-17)11(13(16)22-12)20-14(21)19-6-8(15)3-4-10(19)18-20/h3-4,6-7H,1-2H3. The number of nitrogens with zero attached hydrogens (tertiary/aromatic N) is 4. The first kappa shape index (κ1) is 14.8. The Kier molecular flexibility index (Phi) is 3.51. The van der Waals surface area contributed by atoms with Crippen molar-refractivity contribution in [2.45, 2.75) is 19.8 Å². The van der Waals surface area contributed by atoms with Crippen molar-refractivity contribution in [3.05, 3.63) is 49.4 Å². The summed E-state index contributed by atoms with van der Waals surface area (Å²) in [5.74, 6) is -0.0231. The van der Waals surface area contributed by atoms with Gasteiger partial charge in [0.15, 0.2) is 5.65 Å². The van der Waals surface area contributed by atoms with Crippen molar-refractivity contribution < 1.29 is 4.39 Å². The van der Waals surface area contributed by atoms with Gasteiger partial charge in [0, 0.05) is 11.1 Å². The van der Waals surface area contributed by atoms with Crippen LogP contribution in [-0.4, -0.2) is 14.2 Å². The maximum Gasteiger partial charge on any atom is 0.355 e. The Morgan fingerprint density at radius 2 is 2.18 bits per heavy atom. The quantitative estimate of drug-likeness (QED) is 0.721. The van der Waals surface area contributed by atoms with Crippen molar-refractivity contribution >= 4 is 28.6 Å². The summed E-state index contributed by atoms with van der Waals surface area (Å²) in [5.41, 5.74) is -0.189. The van der Waals surface area contributed by atoms with Crippen LogP contribution < -0.4 is 5.69 Å². The van der Waals surface area contributed by atoms with Gasteiger partial charge in [0.05, 0.1) is 10.6 Å². The molecule has 0 aliphatic rings. The first-order chi connectivity index (χ1) is 10.4. The van der Waals surface area contributed by atoms with E-state index in [9.17, 15) is 14.4 Å². The third-order valence-electron chi connectivity index (χ3n) is 3.20. The van der Waals surface area contributed by atoms with Gasteiger partial charge in [-0.3, -0.25) is 0 Å². The molecule has 3 heterocycles. The first-order valence-electron chi connectivity index (χ1n) is 6.43. The van der Waals surface area contributed by atoms with E-state index in [0.29, 0.717) is 15.5 Å². The van der Waals surface area contributed by atoms with Crippen LogP contribution in [0, 0.1) is 16.5 Å². The van der Waals surface area contributed by atoms with Gasteiger partial charge >= 0.3 is 5.69 Å². The molecule has 3 aromatic heterocycles. The van der Waals surface area contributed by atoms with Crippen molar-refractivity contribution in [3.63, 3.8) is 0 Å². The summed E-state index contributed by atoms with van der Waals surface area (Å²) in [4.78, 5) is 13.0. The van der Waals surface area contributed by atoms with E-state index in [1.165, 1.54) is 10.6 Å². The smallest absolute Gasteiger partial charge is 0.248 e. The number of thiophene rings is 1. The van der Waals surface area contributed by atoms with Gasteiger partial charge < -0.3 is 0 Å². The van der Waals surface area contributed by atoms with Gasteiger partial charge in [-0.05, 0) is 18.1 Å². The molecule has 0 unspecified atom stereocenters. The van der Waals surface area contributed by atoms with E-state index >= 15 is 0 Å². The monoisotopic (exact) mass is 336 g/mol. The molecule has 0 saturated heterocycles. The van der Waals surface area contributed by atoms with Gasteiger partial charge in [0.25, 0.3) is 0 Å². The maximum absolute atomic E-state index is 14.3. The summed E-state index contributed by atoms with van der Waals surface area (Å²) in [5, 5.41) is 13.2. The van der Waals surface area contributed by atoms with E-state index in [-0.39, 0.29) is 17.2 Å². The second kappa shape index (κ2) is 5.23. The molecule has 0 atom stereocenters. The van der Waals surface area contributed by atoms with E-state index in [1.807, 2.05) is 19.9 Å². The maximum atomic E-state index is 14.3. The number of pyridine rings is 1. The Labute approximate surface area is 133 Å². The molecule has 3 rings (SSSR count). The Bertz CT molecular complexity index is 979. The molecule has 0 aliphatic carbocycles. The zero-order chi connectivity index (χ0) is 16.0. The highest BCUT2D eigenvalue weighted by Crippen LogP contribution is 2.34. The highest BCUT2D eigenvalue weighted by molar-refractivity contribution is 7.11. The highest BCUT2D eigenvalue weighted by Gasteiger charge is 2.24. The van der Waals surface area contributed by atoms with Crippen LogP contribution in [0.2, 0.25) is 5.02 Å². The van der Waals surface area contributed by atoms with E-state index in [4.69, 9.17) is 11.6 Å². The van der Waals surface area contributed by atoms with Crippen molar-refractivity contribution in [2.24, 2.45) is 0 Å². The Morgan fingerprint density at radius 3 is 2.82 bits per heavy atom. The lowest BCUT2D eigenvalue weighted by Gasteiger charge is -2.01. The fourth-order valence-electron chi connectivity index (χ4n) is 2.21. The minimum atomic E-state index is -0.600. The average molecular weight is 337 g/mol. The normalized spacial score (nSPS) is 11.3. The molecule has 0 amide bonds. The summed E-state index contributed by atoms with van der Waals surface area (Å²) in [6.45, 7) is 3.73. The molecule has 3 aromatic rings.